The summed E-state index contributed by atoms with van der Waals surface area (Å²) in [6, 6.07) is -0.427. The van der Waals surface area contributed by atoms with E-state index < -0.39 is 48.5 Å². The third-order valence-electron chi connectivity index (χ3n) is 9.78. The lowest BCUT2D eigenvalue weighted by atomic mass is 9.61. The van der Waals surface area contributed by atoms with Gasteiger partial charge in [-0.1, -0.05) is 69.6 Å². The molecule has 2 saturated carbocycles. The second-order valence-electron chi connectivity index (χ2n) is 17.7. The van der Waals surface area contributed by atoms with Crippen molar-refractivity contribution in [2.45, 2.75) is 159 Å². The lowest BCUT2D eigenvalue weighted by Gasteiger charge is -2.47. The Hall–Kier alpha value is -4.30. The fraction of sp³-hybridized carbons (Fsp3) is 0.762. The molecule has 2 aliphatic rings. The molecule has 2 fully saturated rings. The maximum absolute atomic E-state index is 12.9. The molecule has 0 spiro atoms. The van der Waals surface area contributed by atoms with Crippen molar-refractivity contribution >= 4 is 36.2 Å². The van der Waals surface area contributed by atoms with Crippen molar-refractivity contribution in [1.29, 1.82) is 0 Å². The molecule has 3 N–H and O–H groups in total. The number of carbonyl (C=O) groups excluding carboxylic acids is 6. The summed E-state index contributed by atoms with van der Waals surface area (Å²) >= 11 is 0. The van der Waals surface area contributed by atoms with E-state index >= 15 is 0 Å². The highest BCUT2D eigenvalue weighted by Gasteiger charge is 2.43. The van der Waals surface area contributed by atoms with Crippen LogP contribution in [0.1, 0.15) is 129 Å². The van der Waals surface area contributed by atoms with Gasteiger partial charge in [0.2, 0.25) is 0 Å². The smallest absolute Gasteiger partial charge is 0.407 e. The van der Waals surface area contributed by atoms with Gasteiger partial charge in [-0.25, -0.2) is 24.0 Å². The molecule has 0 saturated heterocycles. The molecular weight excluding hydrogens is 738 g/mol. The van der Waals surface area contributed by atoms with E-state index in [1.807, 2.05) is 6.92 Å². The van der Waals surface area contributed by atoms with Crippen molar-refractivity contribution in [2.75, 3.05) is 26.4 Å². The molecule has 15 nitrogen and oxygen atoms in total. The lowest BCUT2D eigenvalue weighted by molar-refractivity contribution is -0.156. The van der Waals surface area contributed by atoms with Gasteiger partial charge >= 0.3 is 36.2 Å². The lowest BCUT2D eigenvalue weighted by Crippen LogP contribution is -2.51. The van der Waals surface area contributed by atoms with Gasteiger partial charge in [0.1, 0.15) is 38.1 Å². The fourth-order valence-electron chi connectivity index (χ4n) is 8.40. The summed E-state index contributed by atoms with van der Waals surface area (Å²) in [4.78, 5) is 73.3. The minimum absolute atomic E-state index is 0. The van der Waals surface area contributed by atoms with E-state index in [1.54, 1.807) is 20.8 Å². The largest absolute Gasteiger partial charge is 0.459 e. The summed E-state index contributed by atoms with van der Waals surface area (Å²) in [5, 5.41) is 8.73. The van der Waals surface area contributed by atoms with E-state index in [-0.39, 0.29) is 80.8 Å². The summed E-state index contributed by atoms with van der Waals surface area (Å²) < 4.78 is 31.5. The van der Waals surface area contributed by atoms with Gasteiger partial charge in [-0.05, 0) is 87.4 Å². The zero-order chi connectivity index (χ0) is 41.6. The maximum Gasteiger partial charge on any atom is 0.407 e. The fourth-order valence-corrected chi connectivity index (χ4v) is 8.40. The molecule has 0 heterocycles. The van der Waals surface area contributed by atoms with Crippen molar-refractivity contribution in [1.82, 2.24) is 16.0 Å². The third kappa shape index (κ3) is 20.6. The average Bonchev–Trinajstić information content (AvgIpc) is 3.05. The summed E-state index contributed by atoms with van der Waals surface area (Å²) in [5.74, 6) is -1.57. The van der Waals surface area contributed by atoms with Crippen molar-refractivity contribution in [3.63, 3.8) is 0 Å². The van der Waals surface area contributed by atoms with E-state index in [1.165, 1.54) is 0 Å². The van der Waals surface area contributed by atoms with Crippen LogP contribution in [-0.2, 0) is 42.8 Å². The number of esters is 3. The molecule has 0 aromatic rings. The molecule has 15 heteroatoms. The highest BCUT2D eigenvalue weighted by molar-refractivity contribution is 5.81. The van der Waals surface area contributed by atoms with E-state index in [9.17, 15) is 28.8 Å². The highest BCUT2D eigenvalue weighted by Crippen LogP contribution is 2.49. The Balaban J connectivity index is 0.0000157. The molecule has 328 valence electrons. The first-order chi connectivity index (χ1) is 25.4. The molecule has 0 bridgehead atoms. The van der Waals surface area contributed by atoms with Crippen LogP contribution in [0.15, 0.2) is 25.3 Å². The number of carbonyl (C=O) groups is 6. The Morgan fingerprint density at radius 3 is 1.54 bits per heavy atom. The van der Waals surface area contributed by atoms with Crippen molar-refractivity contribution < 1.29 is 57.2 Å². The van der Waals surface area contributed by atoms with Crippen LogP contribution in [-0.4, -0.2) is 92.9 Å². The third-order valence-corrected chi connectivity index (χ3v) is 9.78. The number of ether oxygens (including phenoxy) is 6. The number of amides is 3. The first-order valence-electron chi connectivity index (χ1n) is 19.1. The Bertz CT molecular complexity index is 1380. The van der Waals surface area contributed by atoms with E-state index in [0.29, 0.717) is 32.2 Å². The second kappa shape index (κ2) is 23.2. The minimum Gasteiger partial charge on any atom is -0.459 e. The topological polar surface area (TPSA) is 194 Å². The van der Waals surface area contributed by atoms with Gasteiger partial charge in [0.15, 0.2) is 0 Å². The van der Waals surface area contributed by atoms with Gasteiger partial charge in [0.05, 0.1) is 0 Å². The summed E-state index contributed by atoms with van der Waals surface area (Å²) in [6.45, 7) is 24.2. The molecule has 0 aromatic carbocycles. The molecule has 57 heavy (non-hydrogen) atoms. The first-order valence-corrected chi connectivity index (χ1v) is 19.1. The molecule has 7 atom stereocenters. The van der Waals surface area contributed by atoms with E-state index in [4.69, 9.17) is 28.4 Å². The number of hydrogen-bond donors (Lipinski definition) is 3. The van der Waals surface area contributed by atoms with E-state index in [0.717, 1.165) is 31.4 Å². The Kier molecular flexibility index (Phi) is 21.4. The molecule has 7 unspecified atom stereocenters. The highest BCUT2D eigenvalue weighted by atomic mass is 16.6. The van der Waals surface area contributed by atoms with Gasteiger partial charge in [0, 0.05) is 37.2 Å². The Morgan fingerprint density at radius 2 is 1.04 bits per heavy atom. The number of nitrogens with one attached hydrogen (secondary N) is 3. The predicted molar refractivity (Wildman–Crippen MR) is 217 cm³/mol. The zero-order valence-electron chi connectivity index (χ0n) is 34.3. The summed E-state index contributed by atoms with van der Waals surface area (Å²) in [6.07, 6.45) is 3.26. The van der Waals surface area contributed by atoms with Gasteiger partial charge in [-0.2, -0.15) is 0 Å². The minimum atomic E-state index is -0.723. The Morgan fingerprint density at radius 1 is 0.614 bits per heavy atom. The van der Waals surface area contributed by atoms with Gasteiger partial charge in [-0.15, -0.1) is 0 Å². The summed E-state index contributed by atoms with van der Waals surface area (Å²) in [5.41, 5.74) is -0.874. The maximum atomic E-state index is 12.9. The van der Waals surface area contributed by atoms with Gasteiger partial charge < -0.3 is 44.4 Å². The van der Waals surface area contributed by atoms with Crippen molar-refractivity contribution in [2.24, 2.45) is 21.7 Å². The van der Waals surface area contributed by atoms with Crippen LogP contribution in [0.4, 0.5) is 14.4 Å². The van der Waals surface area contributed by atoms with Crippen LogP contribution < -0.4 is 16.0 Å². The Labute approximate surface area is 341 Å². The molecule has 0 aromatic heterocycles. The second-order valence-corrected chi connectivity index (χ2v) is 17.7. The monoisotopic (exact) mass is 812 g/mol. The number of hydrogen-bond acceptors (Lipinski definition) is 12. The van der Waals surface area contributed by atoms with E-state index in [2.05, 4.69) is 63.7 Å². The zero-order valence-corrected chi connectivity index (χ0v) is 34.3. The number of rotatable bonds is 18. The predicted octanol–water partition coefficient (Wildman–Crippen LogP) is 7.55. The summed E-state index contributed by atoms with van der Waals surface area (Å²) in [7, 11) is 0. The normalized spacial score (nSPS) is 24.7. The van der Waals surface area contributed by atoms with Gasteiger partial charge in [0.25, 0.3) is 0 Å². The van der Waals surface area contributed by atoms with Gasteiger partial charge in [-0.3, -0.25) is 4.79 Å². The van der Waals surface area contributed by atoms with Crippen LogP contribution in [0, 0.1) is 21.7 Å². The molecule has 2 aliphatic carbocycles. The van der Waals surface area contributed by atoms with Crippen LogP contribution in [0.3, 0.4) is 0 Å². The standard InChI is InChI=1S/C40H65N3O12.2CH4/c1-12-31(44)50-20-26(3)53-33(46)14-15-39(10)18-29(16-37(6,7)23-39)42-35(48)52-22-28(5)55-36(49)43-30-17-38(8,9)24-40(11,19-30)25-41-34(47)54-27(4)21-51-32(45)13-2;;/h12-13,26-30H,1-2,14-25H2,3-11H3,(H,41,47)(H,42,48)(H,43,49);2*1H4. The van der Waals surface area contributed by atoms with Crippen LogP contribution in [0.5, 0.6) is 0 Å². The molecular formula is C42H73N3O12. The van der Waals surface area contributed by atoms with Crippen LogP contribution in [0.25, 0.3) is 0 Å². The first kappa shape index (κ1) is 52.7. The molecule has 0 aliphatic heterocycles. The SMILES string of the molecule is C.C.C=CC(=O)OCC(C)OC(=O)CCC1(C)CC(NC(=O)OCC(C)OC(=O)NC2CC(C)(C)CC(C)(CNC(=O)OC(C)COC(=O)C=C)C2)CC(C)(C)C1. The molecule has 0 radical (unpaired) electrons. The van der Waals surface area contributed by atoms with Crippen LogP contribution >= 0.6 is 0 Å². The molecule has 3 amide bonds. The average molecular weight is 812 g/mol. The van der Waals surface area contributed by atoms with Crippen molar-refractivity contribution in [3.8, 4) is 0 Å². The number of alkyl carbamates (subject to hydrolysis) is 3. The quantitative estimate of drug-likeness (QED) is 0.0700. The van der Waals surface area contributed by atoms with Crippen molar-refractivity contribution in [3.05, 3.63) is 25.3 Å². The molecule has 2 rings (SSSR count). The van der Waals surface area contributed by atoms with Crippen LogP contribution in [0.2, 0.25) is 0 Å².